The Hall–Kier alpha value is -8.55. The fraction of sp³-hybridized carbons (Fsp3) is 0.267. The summed E-state index contributed by atoms with van der Waals surface area (Å²) < 4.78 is 0. The van der Waals surface area contributed by atoms with Crippen LogP contribution in [0, 0.1) is 0 Å². The van der Waals surface area contributed by atoms with Crippen LogP contribution in [0.4, 0.5) is 68.2 Å². The second-order valence-electron chi connectivity index (χ2n) is 34.0. The van der Waals surface area contributed by atoms with Crippen LogP contribution in [0.25, 0.3) is 0 Å². The van der Waals surface area contributed by atoms with Crippen LogP contribution >= 0.6 is 23.5 Å². The standard InChI is InChI=1S/C90H92B2N4S2/c1-85(2,3)57-27-39-63(40-28-57)93(64-41-29-58(30-42-64)86(4,5)6)69-51-77-83-81(53-69)97-79-56-80-74(55-73(79)91(83)71-23-19-21-25-75(71)95(77)67-47-35-61(36-48-67)89(13,14)15)92-72-24-20-22-26-76(72)96(68-49-37-62(38-50-68)90(16,17)18)78-52-70(54-82(98-80)84(78)92)94(65-43-31-59(32-44-65)87(7,8)9)66-45-33-60(34-46-66)88(10,11)12/h19-56H,1-18H3. The largest absolute Gasteiger partial charge is 0.311 e. The van der Waals surface area contributed by atoms with Crippen molar-refractivity contribution in [2.75, 3.05) is 19.6 Å². The highest BCUT2D eigenvalue weighted by Crippen LogP contribution is 2.51. The summed E-state index contributed by atoms with van der Waals surface area (Å²) >= 11 is 3.90. The highest BCUT2D eigenvalue weighted by atomic mass is 32.2. The molecule has 0 N–H and O–H groups in total. The maximum atomic E-state index is 2.66. The third-order valence-electron chi connectivity index (χ3n) is 20.9. The zero-order valence-electron chi connectivity index (χ0n) is 60.7. The molecule has 490 valence electrons. The molecule has 8 heteroatoms. The van der Waals surface area contributed by atoms with E-state index in [9.17, 15) is 0 Å². The van der Waals surface area contributed by atoms with Gasteiger partial charge in [0.1, 0.15) is 0 Å². The van der Waals surface area contributed by atoms with Crippen molar-refractivity contribution >= 4 is 138 Å². The monoisotopic (exact) mass is 1310 g/mol. The van der Waals surface area contributed by atoms with Gasteiger partial charge in [0.15, 0.2) is 0 Å². The Kier molecular flexibility index (Phi) is 15.7. The Morgan fingerprint density at radius 2 is 0.510 bits per heavy atom. The van der Waals surface area contributed by atoms with Crippen LogP contribution in [0.1, 0.15) is 158 Å². The van der Waals surface area contributed by atoms with Crippen LogP contribution in [-0.4, -0.2) is 13.4 Å². The number of hydrogen-bond acceptors (Lipinski definition) is 6. The summed E-state index contributed by atoms with van der Waals surface area (Å²) in [7, 11) is 0. The molecule has 98 heavy (non-hydrogen) atoms. The molecule has 0 spiro atoms. The lowest BCUT2D eigenvalue weighted by Crippen LogP contribution is -2.63. The minimum Gasteiger partial charge on any atom is -0.311 e. The molecule has 0 atom stereocenters. The fourth-order valence-electron chi connectivity index (χ4n) is 15.2. The van der Waals surface area contributed by atoms with E-state index in [0.29, 0.717) is 0 Å². The number of fused-ring (bicyclic) bond motifs is 8. The van der Waals surface area contributed by atoms with Crippen molar-refractivity contribution in [3.05, 3.63) is 264 Å². The molecule has 11 aromatic rings. The Bertz CT molecular complexity index is 4470. The van der Waals surface area contributed by atoms with Crippen LogP contribution in [-0.2, 0) is 32.5 Å². The number of benzene rings is 11. The molecule has 11 aromatic carbocycles. The Labute approximate surface area is 594 Å². The van der Waals surface area contributed by atoms with E-state index in [2.05, 4.69) is 375 Å². The molecule has 15 rings (SSSR count). The average molecular weight is 1320 g/mol. The molecule has 0 saturated heterocycles. The third kappa shape index (κ3) is 11.6. The Balaban J connectivity index is 0.959. The van der Waals surface area contributed by atoms with Gasteiger partial charge in [-0.25, -0.2) is 0 Å². The van der Waals surface area contributed by atoms with Crippen molar-refractivity contribution in [2.45, 2.75) is 177 Å². The molecule has 0 bridgehead atoms. The molecular weight excluding hydrogens is 1220 g/mol. The van der Waals surface area contributed by atoms with Crippen LogP contribution < -0.4 is 52.4 Å². The second kappa shape index (κ2) is 23.6. The highest BCUT2D eigenvalue weighted by molar-refractivity contribution is 8.01. The normalized spacial score (nSPS) is 14.1. The smallest absolute Gasteiger partial charge is 0.249 e. The van der Waals surface area contributed by atoms with Gasteiger partial charge in [0, 0.05) is 87.8 Å². The molecule has 4 aliphatic rings. The first-order valence-corrected chi connectivity index (χ1v) is 36.9. The average Bonchev–Trinajstić information content (AvgIpc) is 0.696. The van der Waals surface area contributed by atoms with Gasteiger partial charge in [-0.15, -0.1) is 0 Å². The lowest BCUT2D eigenvalue weighted by Gasteiger charge is -2.43. The van der Waals surface area contributed by atoms with E-state index in [4.69, 9.17) is 0 Å². The maximum absolute atomic E-state index is 2.66. The number of hydrogen-bond donors (Lipinski definition) is 0. The van der Waals surface area contributed by atoms with Crippen molar-refractivity contribution < 1.29 is 0 Å². The fourth-order valence-corrected chi connectivity index (χ4v) is 17.7. The molecule has 0 aliphatic carbocycles. The van der Waals surface area contributed by atoms with Gasteiger partial charge in [0.25, 0.3) is 0 Å². The SMILES string of the molecule is CC(C)(C)c1ccc(N(c2ccc(C(C)(C)C)cc2)c2cc3c4c(c2)N(c2ccc(C(C)(C)C)cc2)c2ccccc2B4c2cc4c(cc2S3)Sc2cc(N(c3ccc(C(C)(C)C)cc3)c3ccc(C(C)(C)C)cc3)cc3c2B4c2ccccc2N3c2ccc(C(C)(C)C)cc2)cc1. The van der Waals surface area contributed by atoms with Gasteiger partial charge in [-0.3, -0.25) is 0 Å². The van der Waals surface area contributed by atoms with Gasteiger partial charge >= 0.3 is 0 Å². The van der Waals surface area contributed by atoms with Crippen molar-refractivity contribution in [3.8, 4) is 0 Å². The van der Waals surface area contributed by atoms with Gasteiger partial charge in [-0.1, -0.05) is 274 Å². The molecule has 4 heterocycles. The summed E-state index contributed by atoms with van der Waals surface area (Å²) in [5.74, 6) is 0. The zero-order valence-corrected chi connectivity index (χ0v) is 62.3. The summed E-state index contributed by atoms with van der Waals surface area (Å²) in [5.41, 5.74) is 29.9. The van der Waals surface area contributed by atoms with Crippen LogP contribution in [0.3, 0.4) is 0 Å². The molecule has 0 unspecified atom stereocenters. The second-order valence-corrected chi connectivity index (χ2v) is 36.2. The first kappa shape index (κ1) is 65.4. The summed E-state index contributed by atoms with van der Waals surface area (Å²) in [6.07, 6.45) is 0. The van der Waals surface area contributed by atoms with Gasteiger partial charge in [0.2, 0.25) is 13.4 Å². The van der Waals surface area contributed by atoms with Gasteiger partial charge in [0.05, 0.1) is 0 Å². The molecule has 0 fully saturated rings. The Morgan fingerprint density at radius 3 is 0.786 bits per heavy atom. The van der Waals surface area contributed by atoms with E-state index >= 15 is 0 Å². The van der Waals surface area contributed by atoms with E-state index in [1.54, 1.807) is 0 Å². The quantitative estimate of drug-likeness (QED) is 0.140. The Morgan fingerprint density at radius 1 is 0.245 bits per heavy atom. The van der Waals surface area contributed by atoms with Crippen LogP contribution in [0.15, 0.2) is 250 Å². The van der Waals surface area contributed by atoms with E-state index < -0.39 is 0 Å². The molecule has 4 aliphatic heterocycles. The number of para-hydroxylation sites is 2. The van der Waals surface area contributed by atoms with Crippen LogP contribution in [0.5, 0.6) is 0 Å². The predicted molar refractivity (Wildman–Crippen MR) is 428 cm³/mol. The van der Waals surface area contributed by atoms with E-state index in [1.165, 1.54) is 108 Å². The lowest BCUT2D eigenvalue weighted by atomic mass is 9.32. The summed E-state index contributed by atoms with van der Waals surface area (Å²) in [6.45, 7) is 41.4. The number of anilines is 12. The topological polar surface area (TPSA) is 13.0 Å². The summed E-state index contributed by atoms with van der Waals surface area (Å²) in [5, 5.41) is 0. The molecule has 0 amide bonds. The van der Waals surface area contributed by atoms with Crippen molar-refractivity contribution in [2.24, 2.45) is 0 Å². The first-order valence-electron chi connectivity index (χ1n) is 35.3. The van der Waals surface area contributed by atoms with E-state index in [0.717, 1.165) is 45.5 Å². The third-order valence-corrected chi connectivity index (χ3v) is 23.2. The summed E-state index contributed by atoms with van der Waals surface area (Å²) in [4.78, 5) is 15.3. The maximum Gasteiger partial charge on any atom is 0.249 e. The van der Waals surface area contributed by atoms with Crippen LogP contribution in [0.2, 0.25) is 0 Å². The molecule has 0 radical (unpaired) electrons. The number of nitrogens with zero attached hydrogens (tertiary/aromatic N) is 4. The van der Waals surface area contributed by atoms with Gasteiger partial charge in [-0.2, -0.15) is 0 Å². The van der Waals surface area contributed by atoms with E-state index in [1.807, 2.05) is 23.5 Å². The molecule has 4 nitrogen and oxygen atoms in total. The molecule has 0 saturated carbocycles. The minimum atomic E-state index is -0.0460. The van der Waals surface area contributed by atoms with Gasteiger partial charge in [-0.05, 0) is 203 Å². The molecular formula is C90H92B2N4S2. The lowest BCUT2D eigenvalue weighted by molar-refractivity contribution is 0.590. The summed E-state index contributed by atoms with van der Waals surface area (Å²) in [6, 6.07) is 90.0. The van der Waals surface area contributed by atoms with Crippen molar-refractivity contribution in [1.29, 1.82) is 0 Å². The number of rotatable bonds is 8. The first-order chi connectivity index (χ1) is 46.4. The zero-order chi connectivity index (χ0) is 68.9. The van der Waals surface area contributed by atoms with Crippen molar-refractivity contribution in [1.82, 2.24) is 0 Å². The highest BCUT2D eigenvalue weighted by Gasteiger charge is 2.46. The molecule has 0 aromatic heterocycles. The van der Waals surface area contributed by atoms with Crippen molar-refractivity contribution in [3.63, 3.8) is 0 Å². The van der Waals surface area contributed by atoms with Gasteiger partial charge < -0.3 is 19.6 Å². The predicted octanol–water partition coefficient (Wildman–Crippen LogP) is 21.9. The van der Waals surface area contributed by atoms with E-state index in [-0.39, 0.29) is 45.9 Å². The minimum absolute atomic E-state index is 0.00243.